The molecule has 78 valence electrons. The van der Waals surface area contributed by atoms with Crippen molar-refractivity contribution in [3.8, 4) is 12.1 Å². The van der Waals surface area contributed by atoms with Gasteiger partial charge in [0.2, 0.25) is 0 Å². The molecule has 0 aliphatic rings. The molecule has 14 heavy (non-hydrogen) atoms. The van der Waals surface area contributed by atoms with Gasteiger partial charge < -0.3 is 14.6 Å². The normalized spacial score (nSPS) is 12.1. The Morgan fingerprint density at radius 2 is 1.57 bits per heavy atom. The number of hydrogen-bond donors (Lipinski definition) is 1. The summed E-state index contributed by atoms with van der Waals surface area (Å²) in [5.74, 6) is 0. The first-order valence-electron chi connectivity index (χ1n) is 4.37. The Balaban J connectivity index is 3.68. The summed E-state index contributed by atoms with van der Waals surface area (Å²) in [6, 6.07) is 3.83. The molecule has 1 unspecified atom stereocenters. The number of ether oxygens (including phenoxy) is 2. The monoisotopic (exact) mass is 198 g/mol. The van der Waals surface area contributed by atoms with Crippen LogP contribution in [0.1, 0.15) is 19.8 Å². The Morgan fingerprint density at radius 3 is 1.86 bits per heavy atom. The second-order valence-corrected chi connectivity index (χ2v) is 2.67. The van der Waals surface area contributed by atoms with Gasteiger partial charge in [-0.1, -0.05) is 0 Å². The van der Waals surface area contributed by atoms with E-state index < -0.39 is 12.4 Å². The number of nitriles is 2. The topological polar surface area (TPSA) is 86.3 Å². The third-order valence-corrected chi connectivity index (χ3v) is 1.39. The predicted molar refractivity (Wildman–Crippen MR) is 47.8 cm³/mol. The fourth-order valence-corrected chi connectivity index (χ4v) is 0.768. The zero-order chi connectivity index (χ0) is 10.8. The minimum Gasteiger partial charge on any atom is -0.388 e. The Hall–Kier alpha value is -1.14. The fraction of sp³-hybridized carbons (Fsp3) is 0.778. The molecule has 1 atom stereocenters. The third kappa shape index (κ3) is 6.38. The lowest BCUT2D eigenvalue weighted by Gasteiger charge is -2.19. The first kappa shape index (κ1) is 12.9. The summed E-state index contributed by atoms with van der Waals surface area (Å²) in [7, 11) is 0. The summed E-state index contributed by atoms with van der Waals surface area (Å²) in [4.78, 5) is 0. The quantitative estimate of drug-likeness (QED) is 0.477. The summed E-state index contributed by atoms with van der Waals surface area (Å²) in [5.41, 5.74) is 0. The standard InChI is InChI=1S/C9H14N2O3/c1-8(12)9(13-6-2-4-10)14-7-3-5-11/h8-9,12H,2-3,6-7H2,1H3. The van der Waals surface area contributed by atoms with E-state index in [2.05, 4.69) is 0 Å². The molecule has 0 aromatic heterocycles. The molecule has 0 bridgehead atoms. The van der Waals surface area contributed by atoms with E-state index in [1.807, 2.05) is 12.1 Å². The van der Waals surface area contributed by atoms with Crippen LogP contribution in [-0.4, -0.2) is 30.7 Å². The molecule has 5 nitrogen and oxygen atoms in total. The van der Waals surface area contributed by atoms with Crippen LogP contribution in [0.25, 0.3) is 0 Å². The highest BCUT2D eigenvalue weighted by molar-refractivity contribution is 4.69. The minimum atomic E-state index is -0.771. The number of nitrogens with zero attached hydrogens (tertiary/aromatic N) is 2. The molecule has 5 heteroatoms. The van der Waals surface area contributed by atoms with E-state index >= 15 is 0 Å². The zero-order valence-corrected chi connectivity index (χ0v) is 8.14. The van der Waals surface area contributed by atoms with Gasteiger partial charge in [0.15, 0.2) is 6.29 Å². The van der Waals surface area contributed by atoms with E-state index in [-0.39, 0.29) is 26.1 Å². The van der Waals surface area contributed by atoms with E-state index in [0.717, 1.165) is 0 Å². The van der Waals surface area contributed by atoms with Gasteiger partial charge in [0, 0.05) is 0 Å². The van der Waals surface area contributed by atoms with Gasteiger partial charge in [0.05, 0.1) is 38.2 Å². The van der Waals surface area contributed by atoms with Gasteiger partial charge in [-0.05, 0) is 6.92 Å². The summed E-state index contributed by atoms with van der Waals surface area (Å²) in [6.45, 7) is 1.97. The largest absolute Gasteiger partial charge is 0.388 e. The predicted octanol–water partition coefficient (Wildman–Crippen LogP) is 0.554. The number of hydrogen-bond acceptors (Lipinski definition) is 5. The maximum Gasteiger partial charge on any atom is 0.183 e. The Bertz CT molecular complexity index is 197. The van der Waals surface area contributed by atoms with E-state index in [1.165, 1.54) is 6.92 Å². The average Bonchev–Trinajstić information content (AvgIpc) is 2.15. The molecule has 0 heterocycles. The van der Waals surface area contributed by atoms with Crippen LogP contribution in [0, 0.1) is 22.7 Å². The van der Waals surface area contributed by atoms with Crippen LogP contribution < -0.4 is 0 Å². The van der Waals surface area contributed by atoms with Crippen molar-refractivity contribution in [1.29, 1.82) is 10.5 Å². The van der Waals surface area contributed by atoms with Crippen LogP contribution in [0.3, 0.4) is 0 Å². The molecule has 0 radical (unpaired) electrons. The molecule has 0 saturated heterocycles. The highest BCUT2D eigenvalue weighted by Crippen LogP contribution is 2.02. The van der Waals surface area contributed by atoms with Crippen LogP contribution in [0.4, 0.5) is 0 Å². The van der Waals surface area contributed by atoms with E-state index in [4.69, 9.17) is 20.0 Å². The van der Waals surface area contributed by atoms with Crippen molar-refractivity contribution in [2.24, 2.45) is 0 Å². The summed E-state index contributed by atoms with van der Waals surface area (Å²) in [6.07, 6.45) is -1.01. The van der Waals surface area contributed by atoms with Gasteiger partial charge in [-0.2, -0.15) is 10.5 Å². The maximum absolute atomic E-state index is 9.19. The average molecular weight is 198 g/mol. The fourth-order valence-electron chi connectivity index (χ4n) is 0.768. The molecule has 1 N–H and O–H groups in total. The first-order chi connectivity index (χ1) is 6.72. The van der Waals surface area contributed by atoms with Crippen molar-refractivity contribution >= 4 is 0 Å². The van der Waals surface area contributed by atoms with Gasteiger partial charge in [0.25, 0.3) is 0 Å². The number of rotatable bonds is 7. The SMILES string of the molecule is CC(O)C(OCCC#N)OCCC#N. The van der Waals surface area contributed by atoms with Crippen LogP contribution in [0.15, 0.2) is 0 Å². The van der Waals surface area contributed by atoms with Gasteiger partial charge >= 0.3 is 0 Å². The second-order valence-electron chi connectivity index (χ2n) is 2.67. The molecular formula is C9H14N2O3. The van der Waals surface area contributed by atoms with E-state index in [0.29, 0.717) is 0 Å². The van der Waals surface area contributed by atoms with Gasteiger partial charge in [0.1, 0.15) is 6.10 Å². The lowest BCUT2D eigenvalue weighted by Crippen LogP contribution is -2.30. The number of aliphatic hydroxyl groups excluding tert-OH is 1. The lowest BCUT2D eigenvalue weighted by atomic mass is 10.4. The van der Waals surface area contributed by atoms with Gasteiger partial charge in [-0.15, -0.1) is 0 Å². The zero-order valence-electron chi connectivity index (χ0n) is 8.14. The Labute approximate surface area is 83.5 Å². The van der Waals surface area contributed by atoms with Crippen molar-refractivity contribution in [3.63, 3.8) is 0 Å². The molecule has 0 saturated carbocycles. The molecule has 0 aliphatic carbocycles. The van der Waals surface area contributed by atoms with Crippen LogP contribution in [0.2, 0.25) is 0 Å². The lowest BCUT2D eigenvalue weighted by molar-refractivity contribution is -0.187. The smallest absolute Gasteiger partial charge is 0.183 e. The molecule has 0 fully saturated rings. The molecule has 0 rings (SSSR count). The molecule has 0 aromatic rings. The van der Waals surface area contributed by atoms with Crippen molar-refractivity contribution in [2.45, 2.75) is 32.2 Å². The maximum atomic E-state index is 9.19. The molecule has 0 aromatic carbocycles. The molecule has 0 amide bonds. The molecular weight excluding hydrogens is 184 g/mol. The first-order valence-corrected chi connectivity index (χ1v) is 4.37. The van der Waals surface area contributed by atoms with Crippen LogP contribution in [-0.2, 0) is 9.47 Å². The van der Waals surface area contributed by atoms with Crippen molar-refractivity contribution in [3.05, 3.63) is 0 Å². The summed E-state index contributed by atoms with van der Waals surface area (Å²) >= 11 is 0. The van der Waals surface area contributed by atoms with E-state index in [9.17, 15) is 5.11 Å². The minimum absolute atomic E-state index is 0.221. The van der Waals surface area contributed by atoms with Crippen molar-refractivity contribution in [2.75, 3.05) is 13.2 Å². The summed E-state index contributed by atoms with van der Waals surface area (Å²) in [5, 5.41) is 25.7. The van der Waals surface area contributed by atoms with Crippen LogP contribution in [0.5, 0.6) is 0 Å². The number of aliphatic hydroxyl groups is 1. The highest BCUT2D eigenvalue weighted by atomic mass is 16.7. The van der Waals surface area contributed by atoms with Crippen molar-refractivity contribution in [1.82, 2.24) is 0 Å². The van der Waals surface area contributed by atoms with Gasteiger partial charge in [-0.3, -0.25) is 0 Å². The molecule has 0 aliphatic heterocycles. The summed E-state index contributed by atoms with van der Waals surface area (Å²) < 4.78 is 10.2. The van der Waals surface area contributed by atoms with E-state index in [1.54, 1.807) is 0 Å². The Kier molecular flexibility index (Phi) is 7.77. The Morgan fingerprint density at radius 1 is 1.14 bits per heavy atom. The third-order valence-electron chi connectivity index (χ3n) is 1.39. The highest BCUT2D eigenvalue weighted by Gasteiger charge is 2.15. The van der Waals surface area contributed by atoms with Crippen molar-refractivity contribution < 1.29 is 14.6 Å². The van der Waals surface area contributed by atoms with Gasteiger partial charge in [-0.25, -0.2) is 0 Å². The second kappa shape index (κ2) is 8.46. The molecule has 0 spiro atoms. The van der Waals surface area contributed by atoms with Crippen LogP contribution >= 0.6 is 0 Å².